The molecule has 0 amide bonds. The molecular weight excluding hydrogens is 318 g/mol. The van der Waals surface area contributed by atoms with Crippen LogP contribution in [0.25, 0.3) is 11.0 Å². The lowest BCUT2D eigenvalue weighted by atomic mass is 10.2. The van der Waals surface area contributed by atoms with Gasteiger partial charge < -0.3 is 4.57 Å². The average molecular weight is 335 g/mol. The van der Waals surface area contributed by atoms with Crippen molar-refractivity contribution in [2.24, 2.45) is 5.92 Å². The van der Waals surface area contributed by atoms with Gasteiger partial charge in [-0.05, 0) is 30.9 Å². The number of fused-ring (bicyclic) bond motifs is 1. The Morgan fingerprint density at radius 3 is 2.70 bits per heavy atom. The van der Waals surface area contributed by atoms with E-state index in [1.54, 1.807) is 17.8 Å². The lowest BCUT2D eigenvalue weighted by Crippen LogP contribution is -2.13. The van der Waals surface area contributed by atoms with Crippen LogP contribution >= 0.6 is 35.0 Å². The zero-order valence-corrected chi connectivity index (χ0v) is 14.0. The average Bonchev–Trinajstić information content (AvgIpc) is 2.69. The van der Waals surface area contributed by atoms with Gasteiger partial charge in [0.1, 0.15) is 11.6 Å². The fraction of sp³-hybridized carbons (Fsp3) is 0.500. The summed E-state index contributed by atoms with van der Waals surface area (Å²) in [6, 6.07) is 3.00. The number of thioether (sulfide) groups is 1. The largest absolute Gasteiger partial charge is 0.326 e. The molecule has 0 N–H and O–H groups in total. The molecule has 1 heterocycles. The molecule has 0 aliphatic heterocycles. The molecule has 2 unspecified atom stereocenters. The number of halogens is 3. The van der Waals surface area contributed by atoms with Crippen LogP contribution in [0.3, 0.4) is 0 Å². The van der Waals surface area contributed by atoms with Crippen LogP contribution < -0.4 is 0 Å². The summed E-state index contributed by atoms with van der Waals surface area (Å²) in [5.41, 5.74) is 1.44. The van der Waals surface area contributed by atoms with E-state index in [-0.39, 0.29) is 10.4 Å². The van der Waals surface area contributed by atoms with E-state index in [1.807, 2.05) is 11.5 Å². The number of nitrogens with zero attached hydrogens (tertiary/aromatic N) is 2. The zero-order valence-electron chi connectivity index (χ0n) is 11.7. The summed E-state index contributed by atoms with van der Waals surface area (Å²) in [5.74, 6) is 1.82. The molecule has 0 bridgehead atoms. The zero-order chi connectivity index (χ0) is 14.9. The van der Waals surface area contributed by atoms with Crippen molar-refractivity contribution in [3.63, 3.8) is 0 Å². The summed E-state index contributed by atoms with van der Waals surface area (Å²) in [6.07, 6.45) is 2.08. The molecule has 0 aliphatic carbocycles. The minimum absolute atomic E-state index is 0.0908. The maximum atomic E-state index is 13.7. The molecule has 0 saturated heterocycles. The van der Waals surface area contributed by atoms with E-state index in [0.29, 0.717) is 11.4 Å². The quantitative estimate of drug-likeness (QED) is 0.705. The summed E-state index contributed by atoms with van der Waals surface area (Å²) in [4.78, 5) is 4.50. The van der Waals surface area contributed by atoms with Gasteiger partial charge in [0.15, 0.2) is 0 Å². The van der Waals surface area contributed by atoms with Crippen molar-refractivity contribution >= 4 is 46.0 Å². The third-order valence-electron chi connectivity index (χ3n) is 3.12. The van der Waals surface area contributed by atoms with Crippen LogP contribution in [0.15, 0.2) is 12.1 Å². The molecule has 0 radical (unpaired) electrons. The minimum atomic E-state index is -0.424. The number of benzene rings is 1. The van der Waals surface area contributed by atoms with Gasteiger partial charge in [-0.25, -0.2) is 9.37 Å². The standard InChI is InChI=1S/C14H17Cl2FN2S/c1-8(7-20-3)6-19-13-5-11(17)10(16)4-12(13)18-14(19)9(2)15/h4-5,8-9H,6-7H2,1-3H3. The minimum Gasteiger partial charge on any atom is -0.326 e. The van der Waals surface area contributed by atoms with Crippen molar-refractivity contribution in [3.05, 3.63) is 28.8 Å². The Morgan fingerprint density at radius 1 is 1.40 bits per heavy atom. The highest BCUT2D eigenvalue weighted by atomic mass is 35.5. The van der Waals surface area contributed by atoms with E-state index < -0.39 is 5.82 Å². The second-order valence-electron chi connectivity index (χ2n) is 5.01. The second-order valence-corrected chi connectivity index (χ2v) is 6.98. The molecule has 1 aromatic heterocycles. The molecule has 0 spiro atoms. The lowest BCUT2D eigenvalue weighted by Gasteiger charge is -2.15. The Hall–Kier alpha value is -0.450. The maximum Gasteiger partial charge on any atom is 0.144 e. The highest BCUT2D eigenvalue weighted by Crippen LogP contribution is 2.29. The van der Waals surface area contributed by atoms with E-state index in [0.717, 1.165) is 23.6 Å². The summed E-state index contributed by atoms with van der Waals surface area (Å²) in [6.45, 7) is 4.80. The van der Waals surface area contributed by atoms with E-state index in [1.165, 1.54) is 6.07 Å². The fourth-order valence-electron chi connectivity index (χ4n) is 2.28. The van der Waals surface area contributed by atoms with E-state index in [2.05, 4.69) is 18.2 Å². The van der Waals surface area contributed by atoms with Gasteiger partial charge in [0.25, 0.3) is 0 Å². The predicted molar refractivity (Wildman–Crippen MR) is 86.5 cm³/mol. The molecule has 1 aromatic carbocycles. The topological polar surface area (TPSA) is 17.8 Å². The Balaban J connectivity index is 2.53. The number of hydrogen-bond acceptors (Lipinski definition) is 2. The molecule has 6 heteroatoms. The van der Waals surface area contributed by atoms with E-state index in [4.69, 9.17) is 23.2 Å². The highest BCUT2D eigenvalue weighted by Gasteiger charge is 2.18. The van der Waals surface area contributed by atoms with Gasteiger partial charge in [0.2, 0.25) is 0 Å². The van der Waals surface area contributed by atoms with Crippen molar-refractivity contribution in [2.45, 2.75) is 25.8 Å². The molecular formula is C14H17Cl2FN2S. The molecule has 0 saturated carbocycles. The first-order chi connectivity index (χ1) is 9.43. The Labute approximate surface area is 132 Å². The lowest BCUT2D eigenvalue weighted by molar-refractivity contribution is 0.523. The van der Waals surface area contributed by atoms with Crippen molar-refractivity contribution in [1.82, 2.24) is 9.55 Å². The van der Waals surface area contributed by atoms with Gasteiger partial charge in [-0.1, -0.05) is 18.5 Å². The first-order valence-electron chi connectivity index (χ1n) is 6.42. The Kier molecular flexibility index (Phi) is 5.21. The first kappa shape index (κ1) is 15.9. The van der Waals surface area contributed by atoms with Crippen molar-refractivity contribution < 1.29 is 4.39 Å². The number of alkyl halides is 1. The normalized spacial score (nSPS) is 14.7. The summed E-state index contributed by atoms with van der Waals surface area (Å²) >= 11 is 13.8. The number of hydrogen-bond donors (Lipinski definition) is 0. The molecule has 20 heavy (non-hydrogen) atoms. The van der Waals surface area contributed by atoms with Crippen LogP contribution in [-0.2, 0) is 6.54 Å². The van der Waals surface area contributed by atoms with Gasteiger partial charge in [-0.15, -0.1) is 11.6 Å². The van der Waals surface area contributed by atoms with Crippen LogP contribution in [0.4, 0.5) is 4.39 Å². The highest BCUT2D eigenvalue weighted by molar-refractivity contribution is 7.98. The summed E-state index contributed by atoms with van der Waals surface area (Å²) in [5, 5.41) is -0.140. The van der Waals surface area contributed by atoms with E-state index in [9.17, 15) is 4.39 Å². The van der Waals surface area contributed by atoms with Crippen LogP contribution in [0.1, 0.15) is 25.0 Å². The maximum absolute atomic E-state index is 13.7. The molecule has 2 atom stereocenters. The monoisotopic (exact) mass is 334 g/mol. The Morgan fingerprint density at radius 2 is 2.10 bits per heavy atom. The Bertz CT molecular complexity index is 613. The van der Waals surface area contributed by atoms with Crippen molar-refractivity contribution in [3.8, 4) is 0 Å². The van der Waals surface area contributed by atoms with Crippen molar-refractivity contribution in [2.75, 3.05) is 12.0 Å². The van der Waals surface area contributed by atoms with Gasteiger partial charge in [0, 0.05) is 12.6 Å². The van der Waals surface area contributed by atoms with Gasteiger partial charge in [-0.3, -0.25) is 0 Å². The fourth-order valence-corrected chi connectivity index (χ4v) is 3.28. The van der Waals surface area contributed by atoms with Crippen LogP contribution in [0, 0.1) is 11.7 Å². The third-order valence-corrected chi connectivity index (χ3v) is 4.51. The predicted octanol–water partition coefficient (Wildman–Crippen LogP) is 5.13. The molecule has 2 rings (SSSR count). The van der Waals surface area contributed by atoms with E-state index >= 15 is 0 Å². The number of rotatable bonds is 5. The van der Waals surface area contributed by atoms with Crippen molar-refractivity contribution in [1.29, 1.82) is 0 Å². The van der Waals surface area contributed by atoms with Crippen LogP contribution in [0.2, 0.25) is 5.02 Å². The van der Waals surface area contributed by atoms with Gasteiger partial charge >= 0.3 is 0 Å². The van der Waals surface area contributed by atoms with Gasteiger partial charge in [-0.2, -0.15) is 11.8 Å². The molecule has 2 nitrogen and oxygen atoms in total. The van der Waals surface area contributed by atoms with Gasteiger partial charge in [0.05, 0.1) is 21.4 Å². The molecule has 2 aromatic rings. The second kappa shape index (κ2) is 6.54. The number of aromatic nitrogens is 2. The molecule has 0 aliphatic rings. The SMILES string of the molecule is CSCC(C)Cn1c(C(C)Cl)nc2cc(Cl)c(F)cc21. The van der Waals surface area contributed by atoms with Crippen LogP contribution in [-0.4, -0.2) is 21.6 Å². The first-order valence-corrected chi connectivity index (χ1v) is 8.63. The smallest absolute Gasteiger partial charge is 0.144 e. The molecule has 0 fully saturated rings. The molecule has 110 valence electrons. The third kappa shape index (κ3) is 3.23. The number of imidazole rings is 1. The summed E-state index contributed by atoms with van der Waals surface area (Å²) < 4.78 is 15.7. The van der Waals surface area contributed by atoms with Crippen LogP contribution in [0.5, 0.6) is 0 Å². The summed E-state index contributed by atoms with van der Waals surface area (Å²) in [7, 11) is 0.